The number of thiophene rings is 1. The van der Waals surface area contributed by atoms with Crippen LogP contribution in [0.4, 0.5) is 0 Å². The molecule has 0 aliphatic carbocycles. The first kappa shape index (κ1) is 13.0. The van der Waals surface area contributed by atoms with Crippen molar-refractivity contribution >= 4 is 22.9 Å². The first-order valence-corrected chi connectivity index (χ1v) is 6.51. The fraction of sp³-hybridized carbons (Fsp3) is 0.636. The Morgan fingerprint density at radius 2 is 2.33 bits per heavy atom. The van der Waals surface area contributed by atoms with Crippen LogP contribution in [0.25, 0.3) is 0 Å². The largest absolute Gasteiger partial charge is 0.396 e. The number of halogens is 1. The van der Waals surface area contributed by atoms with Gasteiger partial charge in [0.1, 0.15) is 0 Å². The molecule has 15 heavy (non-hydrogen) atoms. The molecule has 0 radical (unpaired) electrons. The van der Waals surface area contributed by atoms with Gasteiger partial charge in [-0.25, -0.2) is 0 Å². The van der Waals surface area contributed by atoms with Gasteiger partial charge in [0.2, 0.25) is 0 Å². The molecule has 0 fully saturated rings. The molecule has 1 atom stereocenters. The number of rotatable bonds is 7. The molecular formula is C11H18ClNOS. The van der Waals surface area contributed by atoms with Crippen LogP contribution in [0.3, 0.4) is 0 Å². The van der Waals surface area contributed by atoms with Crippen LogP contribution >= 0.6 is 22.9 Å². The molecule has 0 amide bonds. The molecule has 0 aliphatic heterocycles. The third-order valence-corrected chi connectivity index (χ3v) is 3.71. The molecular weight excluding hydrogens is 230 g/mol. The summed E-state index contributed by atoms with van der Waals surface area (Å²) in [5.74, 6) is 0.574. The normalized spacial score (nSPS) is 13.0. The minimum Gasteiger partial charge on any atom is -0.396 e. The van der Waals surface area contributed by atoms with Gasteiger partial charge in [-0.1, -0.05) is 24.9 Å². The van der Waals surface area contributed by atoms with E-state index < -0.39 is 0 Å². The summed E-state index contributed by atoms with van der Waals surface area (Å²) in [7, 11) is 0. The minimum absolute atomic E-state index is 0.283. The van der Waals surface area contributed by atoms with E-state index in [0.29, 0.717) is 5.92 Å². The summed E-state index contributed by atoms with van der Waals surface area (Å²) in [5, 5.41) is 12.2. The molecule has 0 saturated heterocycles. The summed E-state index contributed by atoms with van der Waals surface area (Å²) in [6.45, 7) is 4.28. The summed E-state index contributed by atoms with van der Waals surface area (Å²) in [6.07, 6.45) is 1.99. The smallest absolute Gasteiger partial charge is 0.0931 e. The fourth-order valence-electron chi connectivity index (χ4n) is 1.48. The maximum atomic E-state index is 8.84. The Hall–Kier alpha value is -0.0900. The number of aliphatic hydroxyl groups is 1. The highest BCUT2D eigenvalue weighted by molar-refractivity contribution is 7.16. The average Bonchev–Trinajstić information content (AvgIpc) is 2.63. The molecule has 1 aromatic rings. The van der Waals surface area contributed by atoms with Crippen LogP contribution in [0, 0.1) is 5.92 Å². The van der Waals surface area contributed by atoms with Gasteiger partial charge in [-0.3, -0.25) is 0 Å². The lowest BCUT2D eigenvalue weighted by Crippen LogP contribution is -2.22. The molecule has 1 heterocycles. The summed E-state index contributed by atoms with van der Waals surface area (Å²) in [6, 6.07) is 3.97. The second kappa shape index (κ2) is 7.23. The van der Waals surface area contributed by atoms with E-state index in [4.69, 9.17) is 16.7 Å². The van der Waals surface area contributed by atoms with Gasteiger partial charge in [0.05, 0.1) is 4.34 Å². The Labute approximate surface area is 100 Å². The van der Waals surface area contributed by atoms with E-state index in [0.717, 1.165) is 30.3 Å². The van der Waals surface area contributed by atoms with E-state index in [1.165, 1.54) is 4.88 Å². The van der Waals surface area contributed by atoms with Gasteiger partial charge < -0.3 is 10.4 Å². The SMILES string of the molecule is CCC(CCO)CNCc1ccc(Cl)s1. The molecule has 1 unspecified atom stereocenters. The molecule has 0 saturated carbocycles. The van der Waals surface area contributed by atoms with Gasteiger partial charge in [-0.05, 0) is 31.0 Å². The van der Waals surface area contributed by atoms with Crippen LogP contribution in [-0.4, -0.2) is 18.3 Å². The van der Waals surface area contributed by atoms with Gasteiger partial charge >= 0.3 is 0 Å². The molecule has 1 rings (SSSR count). The average molecular weight is 248 g/mol. The van der Waals surface area contributed by atoms with Crippen LogP contribution in [0.5, 0.6) is 0 Å². The lowest BCUT2D eigenvalue weighted by atomic mass is 10.0. The predicted octanol–water partition coefficient (Wildman–Crippen LogP) is 2.90. The quantitative estimate of drug-likeness (QED) is 0.777. The highest BCUT2D eigenvalue weighted by atomic mass is 35.5. The highest BCUT2D eigenvalue weighted by Gasteiger charge is 2.05. The highest BCUT2D eigenvalue weighted by Crippen LogP contribution is 2.21. The van der Waals surface area contributed by atoms with E-state index in [1.807, 2.05) is 12.1 Å². The van der Waals surface area contributed by atoms with Crippen molar-refractivity contribution in [3.8, 4) is 0 Å². The number of aliphatic hydroxyl groups excluding tert-OH is 1. The van der Waals surface area contributed by atoms with E-state index >= 15 is 0 Å². The van der Waals surface area contributed by atoms with Crippen molar-refractivity contribution in [2.75, 3.05) is 13.2 Å². The fourth-order valence-corrected chi connectivity index (χ4v) is 2.54. The zero-order valence-corrected chi connectivity index (χ0v) is 10.6. The molecule has 0 aliphatic rings. The van der Waals surface area contributed by atoms with E-state index in [2.05, 4.69) is 12.2 Å². The van der Waals surface area contributed by atoms with Crippen molar-refractivity contribution in [2.24, 2.45) is 5.92 Å². The van der Waals surface area contributed by atoms with Crippen molar-refractivity contribution in [3.05, 3.63) is 21.3 Å². The van der Waals surface area contributed by atoms with Crippen molar-refractivity contribution in [2.45, 2.75) is 26.3 Å². The first-order valence-electron chi connectivity index (χ1n) is 5.32. The third kappa shape index (κ3) is 4.98. The van der Waals surface area contributed by atoms with Gasteiger partial charge in [-0.15, -0.1) is 11.3 Å². The summed E-state index contributed by atoms with van der Waals surface area (Å²) in [5.41, 5.74) is 0. The van der Waals surface area contributed by atoms with Crippen molar-refractivity contribution in [1.29, 1.82) is 0 Å². The van der Waals surface area contributed by atoms with Gasteiger partial charge in [0.25, 0.3) is 0 Å². The molecule has 0 spiro atoms. The van der Waals surface area contributed by atoms with Crippen molar-refractivity contribution < 1.29 is 5.11 Å². The molecule has 2 N–H and O–H groups in total. The maximum absolute atomic E-state index is 8.84. The van der Waals surface area contributed by atoms with Crippen LogP contribution in [-0.2, 0) is 6.54 Å². The van der Waals surface area contributed by atoms with Crippen molar-refractivity contribution in [1.82, 2.24) is 5.32 Å². The molecule has 0 aromatic carbocycles. The van der Waals surface area contributed by atoms with Gasteiger partial charge in [-0.2, -0.15) is 0 Å². The van der Waals surface area contributed by atoms with Gasteiger partial charge in [0, 0.05) is 18.0 Å². The lowest BCUT2D eigenvalue weighted by Gasteiger charge is -2.13. The van der Waals surface area contributed by atoms with E-state index in [9.17, 15) is 0 Å². The minimum atomic E-state index is 0.283. The van der Waals surface area contributed by atoms with Crippen LogP contribution in [0.2, 0.25) is 4.34 Å². The second-order valence-electron chi connectivity index (χ2n) is 3.62. The van der Waals surface area contributed by atoms with Crippen LogP contribution in [0.15, 0.2) is 12.1 Å². The summed E-state index contributed by atoms with van der Waals surface area (Å²) < 4.78 is 0.842. The zero-order valence-electron chi connectivity index (χ0n) is 9.00. The summed E-state index contributed by atoms with van der Waals surface area (Å²) in [4.78, 5) is 1.26. The van der Waals surface area contributed by atoms with E-state index in [-0.39, 0.29) is 6.61 Å². The molecule has 4 heteroatoms. The predicted molar refractivity (Wildman–Crippen MR) is 66.5 cm³/mol. The molecule has 86 valence electrons. The molecule has 1 aromatic heterocycles. The number of hydrogen-bond donors (Lipinski definition) is 2. The Balaban J connectivity index is 2.20. The summed E-state index contributed by atoms with van der Waals surface area (Å²) >= 11 is 7.45. The third-order valence-electron chi connectivity index (χ3n) is 2.48. The maximum Gasteiger partial charge on any atom is 0.0931 e. The van der Waals surface area contributed by atoms with Crippen LogP contribution in [0.1, 0.15) is 24.6 Å². The standard InChI is InChI=1S/C11H18ClNOS/c1-2-9(5-6-14)7-13-8-10-3-4-11(12)15-10/h3-4,9,13-14H,2,5-8H2,1H3. The lowest BCUT2D eigenvalue weighted by molar-refractivity contribution is 0.251. The van der Waals surface area contributed by atoms with Gasteiger partial charge in [0.15, 0.2) is 0 Å². The number of nitrogens with one attached hydrogen (secondary N) is 1. The Bertz CT molecular complexity index is 277. The topological polar surface area (TPSA) is 32.3 Å². The molecule has 0 bridgehead atoms. The van der Waals surface area contributed by atoms with E-state index in [1.54, 1.807) is 11.3 Å². The molecule has 2 nitrogen and oxygen atoms in total. The Morgan fingerprint density at radius 3 is 2.87 bits per heavy atom. The monoisotopic (exact) mass is 247 g/mol. The number of hydrogen-bond acceptors (Lipinski definition) is 3. The first-order chi connectivity index (χ1) is 7.26. The second-order valence-corrected chi connectivity index (χ2v) is 5.42. The Morgan fingerprint density at radius 1 is 1.53 bits per heavy atom. The Kier molecular flexibility index (Phi) is 6.25. The zero-order chi connectivity index (χ0) is 11.1. The van der Waals surface area contributed by atoms with Crippen molar-refractivity contribution in [3.63, 3.8) is 0 Å². The van der Waals surface area contributed by atoms with Crippen LogP contribution < -0.4 is 5.32 Å².